The average Bonchev–Trinajstić information content (AvgIpc) is 2.91. The van der Waals surface area contributed by atoms with Crippen LogP contribution in [0.4, 0.5) is 0 Å². The van der Waals surface area contributed by atoms with E-state index < -0.39 is 6.10 Å². The van der Waals surface area contributed by atoms with Crippen LogP contribution in [-0.4, -0.2) is 40.6 Å². The normalized spacial score (nSPS) is 19.2. The van der Waals surface area contributed by atoms with Gasteiger partial charge >= 0.3 is 0 Å². The van der Waals surface area contributed by atoms with Gasteiger partial charge in [0, 0.05) is 19.2 Å². The fourth-order valence-electron chi connectivity index (χ4n) is 1.95. The topological polar surface area (TPSA) is 82.0 Å². The molecule has 1 aromatic carbocycles. The average molecular weight is 297 g/mol. The number of phenolic OH excluding ortho intramolecular Hbond substituents is 2. The Kier molecular flexibility index (Phi) is 7.50. The van der Waals surface area contributed by atoms with E-state index in [1.807, 2.05) is 13.8 Å². The van der Waals surface area contributed by atoms with Crippen LogP contribution in [0.1, 0.15) is 45.3 Å². The highest BCUT2D eigenvalue weighted by Gasteiger charge is 2.10. The van der Waals surface area contributed by atoms with Crippen molar-refractivity contribution in [3.63, 3.8) is 0 Å². The highest BCUT2D eigenvalue weighted by molar-refractivity contribution is 5.41. The molecule has 0 aliphatic carbocycles. The van der Waals surface area contributed by atoms with E-state index in [2.05, 4.69) is 12.2 Å². The van der Waals surface area contributed by atoms with E-state index in [-0.39, 0.29) is 11.5 Å². The molecule has 1 saturated heterocycles. The van der Waals surface area contributed by atoms with E-state index in [1.54, 1.807) is 6.07 Å². The number of phenols is 2. The summed E-state index contributed by atoms with van der Waals surface area (Å²) in [5, 5.41) is 31.2. The second-order valence-electron chi connectivity index (χ2n) is 5.65. The Hall–Kier alpha value is -1.30. The number of rotatable bonds is 4. The lowest BCUT2D eigenvalue weighted by atomic mass is 10.1. The smallest absolute Gasteiger partial charge is 0.157 e. The minimum absolute atomic E-state index is 0.178. The number of aromatic hydroxyl groups is 2. The lowest BCUT2D eigenvalue weighted by Gasteiger charge is -2.14. The van der Waals surface area contributed by atoms with Crippen LogP contribution in [0.15, 0.2) is 18.2 Å². The molecule has 1 aliphatic rings. The molecule has 2 rings (SSSR count). The van der Waals surface area contributed by atoms with E-state index >= 15 is 0 Å². The fraction of sp³-hybridized carbons (Fsp3) is 0.625. The number of nitrogens with one attached hydrogen (secondary N) is 1. The molecule has 1 fully saturated rings. The largest absolute Gasteiger partial charge is 0.504 e. The van der Waals surface area contributed by atoms with Crippen molar-refractivity contribution in [2.45, 2.75) is 51.9 Å². The molecule has 2 atom stereocenters. The van der Waals surface area contributed by atoms with Crippen molar-refractivity contribution in [3.8, 4) is 11.5 Å². The predicted molar refractivity (Wildman–Crippen MR) is 82.5 cm³/mol. The first-order valence-corrected chi connectivity index (χ1v) is 7.45. The third-order valence-electron chi connectivity index (χ3n) is 3.26. The number of hydrogen-bond donors (Lipinski definition) is 4. The zero-order valence-corrected chi connectivity index (χ0v) is 13.0. The fourth-order valence-corrected chi connectivity index (χ4v) is 1.95. The minimum atomic E-state index is -0.682. The van der Waals surface area contributed by atoms with Crippen LogP contribution in [0.2, 0.25) is 0 Å². The van der Waals surface area contributed by atoms with Gasteiger partial charge in [0.1, 0.15) is 0 Å². The summed E-state index contributed by atoms with van der Waals surface area (Å²) in [5.74, 6) is -0.390. The van der Waals surface area contributed by atoms with E-state index in [1.165, 1.54) is 25.0 Å². The van der Waals surface area contributed by atoms with Crippen molar-refractivity contribution in [1.29, 1.82) is 0 Å². The molecule has 1 aliphatic heterocycles. The molecule has 4 N–H and O–H groups in total. The third-order valence-corrected chi connectivity index (χ3v) is 3.26. The SMILES string of the molecule is CC(C)NC[C@@H](O)c1ccc(O)c(O)c1.CC1CCCO1. The lowest BCUT2D eigenvalue weighted by Crippen LogP contribution is -2.27. The number of aliphatic hydroxyl groups is 1. The summed E-state index contributed by atoms with van der Waals surface area (Å²) in [6.45, 7) is 7.50. The molecule has 0 aromatic heterocycles. The van der Waals surface area contributed by atoms with Crippen molar-refractivity contribution < 1.29 is 20.1 Å². The van der Waals surface area contributed by atoms with Gasteiger partial charge in [-0.1, -0.05) is 19.9 Å². The van der Waals surface area contributed by atoms with Crippen molar-refractivity contribution in [3.05, 3.63) is 23.8 Å². The van der Waals surface area contributed by atoms with Crippen LogP contribution >= 0.6 is 0 Å². The zero-order valence-electron chi connectivity index (χ0n) is 13.0. The Morgan fingerprint density at radius 2 is 2.00 bits per heavy atom. The minimum Gasteiger partial charge on any atom is -0.504 e. The zero-order chi connectivity index (χ0) is 15.8. The van der Waals surface area contributed by atoms with Gasteiger partial charge < -0.3 is 25.4 Å². The molecule has 21 heavy (non-hydrogen) atoms. The number of aliphatic hydroxyl groups excluding tert-OH is 1. The van der Waals surface area contributed by atoms with Crippen LogP contribution in [0, 0.1) is 0 Å². The van der Waals surface area contributed by atoms with Crippen LogP contribution < -0.4 is 5.32 Å². The van der Waals surface area contributed by atoms with Gasteiger partial charge in [-0.05, 0) is 37.5 Å². The quantitative estimate of drug-likeness (QED) is 0.641. The van der Waals surface area contributed by atoms with E-state index in [4.69, 9.17) is 9.84 Å². The second kappa shape index (κ2) is 8.87. The van der Waals surface area contributed by atoms with Crippen LogP contribution in [0.5, 0.6) is 11.5 Å². The van der Waals surface area contributed by atoms with Gasteiger partial charge in [-0.25, -0.2) is 0 Å². The Morgan fingerprint density at radius 1 is 1.29 bits per heavy atom. The molecular formula is C16H27NO4. The maximum absolute atomic E-state index is 9.73. The molecule has 1 unspecified atom stereocenters. The van der Waals surface area contributed by atoms with Crippen molar-refractivity contribution in [1.82, 2.24) is 5.32 Å². The molecule has 0 saturated carbocycles. The Balaban J connectivity index is 0.000000304. The standard InChI is InChI=1S/C11H17NO3.C5H10O/c1-7(2)12-6-11(15)8-3-4-9(13)10(14)5-8;1-5-3-2-4-6-5/h3-5,7,11-15H,6H2,1-2H3;5H,2-4H2,1H3/t11-;/m1./s1. The lowest BCUT2D eigenvalue weighted by molar-refractivity contribution is 0.125. The second-order valence-corrected chi connectivity index (χ2v) is 5.65. The number of hydrogen-bond acceptors (Lipinski definition) is 5. The summed E-state index contributed by atoms with van der Waals surface area (Å²) in [7, 11) is 0. The third kappa shape index (κ3) is 6.80. The number of benzene rings is 1. The molecule has 120 valence electrons. The predicted octanol–water partition coefficient (Wildman–Crippen LogP) is 2.31. The van der Waals surface area contributed by atoms with Gasteiger partial charge in [0.2, 0.25) is 0 Å². The van der Waals surface area contributed by atoms with Gasteiger partial charge in [0.25, 0.3) is 0 Å². The van der Waals surface area contributed by atoms with E-state index in [0.717, 1.165) is 6.61 Å². The molecule has 0 amide bonds. The molecule has 0 spiro atoms. The first-order valence-electron chi connectivity index (χ1n) is 7.45. The Bertz CT molecular complexity index is 417. The van der Waals surface area contributed by atoms with Crippen LogP contribution in [0.25, 0.3) is 0 Å². The first-order chi connectivity index (χ1) is 9.90. The summed E-state index contributed by atoms with van der Waals surface area (Å²) >= 11 is 0. The highest BCUT2D eigenvalue weighted by Crippen LogP contribution is 2.27. The summed E-state index contributed by atoms with van der Waals surface area (Å²) < 4.78 is 5.15. The summed E-state index contributed by atoms with van der Waals surface area (Å²) in [6, 6.07) is 4.61. The molecule has 1 heterocycles. The molecule has 0 bridgehead atoms. The van der Waals surface area contributed by atoms with E-state index in [9.17, 15) is 10.2 Å². The van der Waals surface area contributed by atoms with Crippen molar-refractivity contribution in [2.24, 2.45) is 0 Å². The maximum atomic E-state index is 9.73. The van der Waals surface area contributed by atoms with Gasteiger partial charge in [-0.2, -0.15) is 0 Å². The molecule has 1 aromatic rings. The maximum Gasteiger partial charge on any atom is 0.157 e. The molecule has 5 heteroatoms. The van der Waals surface area contributed by atoms with Crippen molar-refractivity contribution in [2.75, 3.05) is 13.2 Å². The molecular weight excluding hydrogens is 270 g/mol. The van der Waals surface area contributed by atoms with Gasteiger partial charge in [-0.15, -0.1) is 0 Å². The molecule has 0 radical (unpaired) electrons. The summed E-state index contributed by atoms with van der Waals surface area (Å²) in [5.41, 5.74) is 0.582. The van der Waals surface area contributed by atoms with Crippen LogP contribution in [0.3, 0.4) is 0 Å². The Morgan fingerprint density at radius 3 is 2.43 bits per heavy atom. The van der Waals surface area contributed by atoms with Gasteiger partial charge in [0.05, 0.1) is 12.2 Å². The highest BCUT2D eigenvalue weighted by atomic mass is 16.5. The van der Waals surface area contributed by atoms with Gasteiger partial charge in [-0.3, -0.25) is 0 Å². The molecule has 5 nitrogen and oxygen atoms in total. The summed E-state index contributed by atoms with van der Waals surface area (Å²) in [4.78, 5) is 0. The number of ether oxygens (including phenoxy) is 1. The van der Waals surface area contributed by atoms with Crippen molar-refractivity contribution >= 4 is 0 Å². The first kappa shape index (κ1) is 17.8. The Labute approximate surface area is 126 Å². The van der Waals surface area contributed by atoms with Gasteiger partial charge in [0.15, 0.2) is 11.5 Å². The van der Waals surface area contributed by atoms with Crippen LogP contribution in [-0.2, 0) is 4.74 Å². The van der Waals surface area contributed by atoms with E-state index in [0.29, 0.717) is 24.3 Å². The monoisotopic (exact) mass is 297 g/mol. The summed E-state index contributed by atoms with van der Waals surface area (Å²) in [6.07, 6.45) is 2.39.